The molecule has 1 saturated heterocycles. The maximum absolute atomic E-state index is 14.8. The fourth-order valence-electron chi connectivity index (χ4n) is 2.96. The molecule has 0 amide bonds. The van der Waals surface area contributed by atoms with Crippen LogP contribution in [0.5, 0.6) is 11.6 Å². The van der Waals surface area contributed by atoms with E-state index >= 15 is 0 Å². The Bertz CT molecular complexity index is 856. The van der Waals surface area contributed by atoms with E-state index in [2.05, 4.69) is 15.3 Å². The third-order valence-electron chi connectivity index (χ3n) is 4.31. The molecule has 0 unspecified atom stereocenters. The molecular formula is C19H21Cl2FN4O3. The first-order chi connectivity index (χ1) is 14.0. The molecule has 3 rings (SSSR count). The number of nitrogens with one attached hydrogen (secondary N) is 1. The summed E-state index contributed by atoms with van der Waals surface area (Å²) in [6.45, 7) is 3.91. The highest BCUT2D eigenvalue weighted by molar-refractivity contribution is 6.37. The first-order valence-electron chi connectivity index (χ1n) is 9.31. The summed E-state index contributed by atoms with van der Waals surface area (Å²) >= 11 is 12.6. The number of hydrogen-bond acceptors (Lipinski definition) is 7. The molecule has 0 aliphatic carbocycles. The molecule has 0 atom stereocenters. The number of benzene rings is 1. The molecule has 1 aliphatic rings. The van der Waals surface area contributed by atoms with Crippen LogP contribution in [0.1, 0.15) is 26.2 Å². The molecule has 1 N–H and O–H groups in total. The zero-order valence-electron chi connectivity index (χ0n) is 15.9. The van der Waals surface area contributed by atoms with E-state index in [1.54, 1.807) is 19.1 Å². The Morgan fingerprint density at radius 1 is 1.24 bits per heavy atom. The van der Waals surface area contributed by atoms with Crippen LogP contribution in [0.2, 0.25) is 10.0 Å². The topological polar surface area (TPSA) is 76.6 Å². The molecule has 1 aromatic heterocycles. The Labute approximate surface area is 178 Å². The number of nitrogens with zero attached hydrogens (tertiary/aromatic N) is 3. The predicted molar refractivity (Wildman–Crippen MR) is 110 cm³/mol. The number of carbonyl (C=O) groups excluding carboxylic acids is 1. The molecule has 1 fully saturated rings. The van der Waals surface area contributed by atoms with Crippen LogP contribution in [0.15, 0.2) is 18.5 Å². The van der Waals surface area contributed by atoms with E-state index in [0.717, 1.165) is 25.9 Å². The van der Waals surface area contributed by atoms with E-state index in [4.69, 9.17) is 32.7 Å². The standard InChI is InChI=1S/C19H21Cl2FN4O3/c1-2-28-15(27)5-6-23-12-9-13(20)17(14(21)10-12)29-19-16(22)18(24-11-25-19)26-7-3-4-8-26/h9-11,23H,2-8H2,1H3. The lowest BCUT2D eigenvalue weighted by atomic mass is 10.3. The lowest BCUT2D eigenvalue weighted by Gasteiger charge is -2.18. The molecule has 10 heteroatoms. The van der Waals surface area contributed by atoms with E-state index in [-0.39, 0.29) is 39.9 Å². The number of esters is 1. The molecule has 1 aliphatic heterocycles. The van der Waals surface area contributed by atoms with Crippen LogP contribution >= 0.6 is 23.2 Å². The molecule has 156 valence electrons. The van der Waals surface area contributed by atoms with Gasteiger partial charge >= 0.3 is 5.97 Å². The fraction of sp³-hybridized carbons (Fsp3) is 0.421. The number of carbonyl (C=O) groups is 1. The first-order valence-corrected chi connectivity index (χ1v) is 10.1. The average Bonchev–Trinajstić information content (AvgIpc) is 3.20. The SMILES string of the molecule is CCOC(=O)CCNc1cc(Cl)c(Oc2ncnc(N3CCCC3)c2F)c(Cl)c1. The van der Waals surface area contributed by atoms with Crippen molar-refractivity contribution in [1.29, 1.82) is 0 Å². The minimum Gasteiger partial charge on any atom is -0.466 e. The summed E-state index contributed by atoms with van der Waals surface area (Å²) in [5.74, 6) is -0.900. The number of anilines is 2. The predicted octanol–water partition coefficient (Wildman–Crippen LogP) is 4.68. The molecule has 1 aromatic carbocycles. The minimum atomic E-state index is -0.654. The number of aromatic nitrogens is 2. The van der Waals surface area contributed by atoms with Crippen LogP contribution in [0.3, 0.4) is 0 Å². The molecule has 0 radical (unpaired) electrons. The Hall–Kier alpha value is -2.32. The summed E-state index contributed by atoms with van der Waals surface area (Å²) in [4.78, 5) is 21.2. The Kier molecular flexibility index (Phi) is 7.33. The van der Waals surface area contributed by atoms with Gasteiger partial charge in [-0.05, 0) is 31.9 Å². The summed E-state index contributed by atoms with van der Waals surface area (Å²) in [5, 5.41) is 3.39. The molecule has 0 spiro atoms. The van der Waals surface area contributed by atoms with Crippen molar-refractivity contribution in [2.24, 2.45) is 0 Å². The summed E-state index contributed by atoms with van der Waals surface area (Å²) < 4.78 is 25.3. The van der Waals surface area contributed by atoms with Crippen molar-refractivity contribution in [3.63, 3.8) is 0 Å². The van der Waals surface area contributed by atoms with Crippen LogP contribution in [0.25, 0.3) is 0 Å². The van der Waals surface area contributed by atoms with Gasteiger partial charge in [0.25, 0.3) is 5.88 Å². The van der Waals surface area contributed by atoms with Crippen molar-refractivity contribution < 1.29 is 18.7 Å². The zero-order chi connectivity index (χ0) is 20.8. The largest absolute Gasteiger partial charge is 0.466 e. The zero-order valence-corrected chi connectivity index (χ0v) is 17.4. The minimum absolute atomic E-state index is 0.0919. The Balaban J connectivity index is 1.71. The van der Waals surface area contributed by atoms with Gasteiger partial charge in [-0.3, -0.25) is 4.79 Å². The normalized spacial score (nSPS) is 13.4. The molecule has 7 nitrogen and oxygen atoms in total. The van der Waals surface area contributed by atoms with E-state index in [0.29, 0.717) is 18.8 Å². The summed E-state index contributed by atoms with van der Waals surface area (Å²) in [6.07, 6.45) is 3.43. The van der Waals surface area contributed by atoms with Crippen molar-refractivity contribution >= 4 is 40.7 Å². The van der Waals surface area contributed by atoms with Gasteiger partial charge in [0.05, 0.1) is 23.1 Å². The van der Waals surface area contributed by atoms with E-state index in [1.165, 1.54) is 6.33 Å². The van der Waals surface area contributed by atoms with Gasteiger partial charge in [-0.15, -0.1) is 0 Å². The van der Waals surface area contributed by atoms with Gasteiger partial charge in [0, 0.05) is 25.3 Å². The summed E-state index contributed by atoms with van der Waals surface area (Å²) in [7, 11) is 0. The number of rotatable bonds is 8. The average molecular weight is 443 g/mol. The van der Waals surface area contributed by atoms with E-state index in [9.17, 15) is 9.18 Å². The molecule has 2 heterocycles. The van der Waals surface area contributed by atoms with Crippen molar-refractivity contribution in [3.8, 4) is 11.6 Å². The van der Waals surface area contributed by atoms with Crippen LogP contribution in [-0.2, 0) is 9.53 Å². The highest BCUT2D eigenvalue weighted by atomic mass is 35.5. The third-order valence-corrected chi connectivity index (χ3v) is 4.87. The third kappa shape index (κ3) is 5.39. The van der Waals surface area contributed by atoms with Crippen molar-refractivity contribution in [1.82, 2.24) is 9.97 Å². The maximum Gasteiger partial charge on any atom is 0.307 e. The second-order valence-corrected chi connectivity index (χ2v) is 7.18. The summed E-state index contributed by atoms with van der Waals surface area (Å²) in [6, 6.07) is 3.16. The molecule has 0 saturated carbocycles. The van der Waals surface area contributed by atoms with Gasteiger partial charge in [0.15, 0.2) is 11.6 Å². The highest BCUT2D eigenvalue weighted by Crippen LogP contribution is 2.39. The van der Waals surface area contributed by atoms with Gasteiger partial charge in [-0.25, -0.2) is 4.98 Å². The number of hydrogen-bond donors (Lipinski definition) is 1. The fourth-order valence-corrected chi connectivity index (χ4v) is 3.53. The smallest absolute Gasteiger partial charge is 0.307 e. The van der Waals surface area contributed by atoms with Crippen LogP contribution in [0.4, 0.5) is 15.9 Å². The lowest BCUT2D eigenvalue weighted by molar-refractivity contribution is -0.142. The first kappa shape index (κ1) is 21.4. The lowest BCUT2D eigenvalue weighted by Crippen LogP contribution is -2.20. The van der Waals surface area contributed by atoms with E-state index in [1.807, 2.05) is 4.90 Å². The van der Waals surface area contributed by atoms with Gasteiger partial charge in [-0.2, -0.15) is 9.37 Å². The van der Waals surface area contributed by atoms with Gasteiger partial charge < -0.3 is 19.7 Å². The molecule has 29 heavy (non-hydrogen) atoms. The van der Waals surface area contributed by atoms with E-state index < -0.39 is 5.82 Å². The van der Waals surface area contributed by atoms with Crippen molar-refractivity contribution in [2.45, 2.75) is 26.2 Å². The second-order valence-electron chi connectivity index (χ2n) is 6.36. The monoisotopic (exact) mass is 442 g/mol. The second kappa shape index (κ2) is 9.93. The van der Waals surface area contributed by atoms with Crippen LogP contribution in [-0.4, -0.2) is 42.2 Å². The number of halogens is 3. The molecule has 0 bridgehead atoms. The Morgan fingerprint density at radius 2 is 1.93 bits per heavy atom. The van der Waals surface area contributed by atoms with Gasteiger partial charge in [0.2, 0.25) is 5.82 Å². The van der Waals surface area contributed by atoms with Crippen LogP contribution < -0.4 is 15.0 Å². The molecule has 2 aromatic rings. The van der Waals surface area contributed by atoms with Crippen LogP contribution in [0, 0.1) is 5.82 Å². The van der Waals surface area contributed by atoms with Gasteiger partial charge in [-0.1, -0.05) is 23.2 Å². The molecular weight excluding hydrogens is 422 g/mol. The van der Waals surface area contributed by atoms with Crippen molar-refractivity contribution in [2.75, 3.05) is 36.5 Å². The Morgan fingerprint density at radius 3 is 2.59 bits per heavy atom. The van der Waals surface area contributed by atoms with Gasteiger partial charge in [0.1, 0.15) is 6.33 Å². The maximum atomic E-state index is 14.8. The number of ether oxygens (including phenoxy) is 2. The van der Waals surface area contributed by atoms with Crippen molar-refractivity contribution in [3.05, 3.63) is 34.3 Å². The quantitative estimate of drug-likeness (QED) is 0.594. The summed E-state index contributed by atoms with van der Waals surface area (Å²) in [5.41, 5.74) is 0.595. The highest BCUT2D eigenvalue weighted by Gasteiger charge is 2.23.